The summed E-state index contributed by atoms with van der Waals surface area (Å²) in [5.41, 5.74) is 0.940. The Hall–Kier alpha value is -2.07. The average molecular weight is 277 g/mol. The number of halogens is 2. The Bertz CT molecular complexity index is 664. The monoisotopic (exact) mass is 276 g/mol. The SMILES string of the molecule is Fc1c(C(Cl)c2ccco2)cnn1-c1ccccc1. The van der Waals surface area contributed by atoms with Gasteiger partial charge in [-0.1, -0.05) is 18.2 Å². The lowest BCUT2D eigenvalue weighted by Crippen LogP contribution is -2.01. The number of furan rings is 1. The number of nitrogens with zero attached hydrogens (tertiary/aromatic N) is 2. The molecule has 0 radical (unpaired) electrons. The van der Waals surface area contributed by atoms with Gasteiger partial charge in [0, 0.05) is 0 Å². The van der Waals surface area contributed by atoms with Gasteiger partial charge in [0.25, 0.3) is 0 Å². The van der Waals surface area contributed by atoms with Gasteiger partial charge in [-0.3, -0.25) is 0 Å². The van der Waals surface area contributed by atoms with Gasteiger partial charge in [-0.25, -0.2) is 4.68 Å². The summed E-state index contributed by atoms with van der Waals surface area (Å²) >= 11 is 6.19. The van der Waals surface area contributed by atoms with Crippen LogP contribution in [0, 0.1) is 5.95 Å². The first-order chi connectivity index (χ1) is 9.27. The van der Waals surface area contributed by atoms with E-state index in [1.807, 2.05) is 18.2 Å². The third-order valence-corrected chi connectivity index (χ3v) is 3.25. The van der Waals surface area contributed by atoms with Crippen LogP contribution in [0.25, 0.3) is 5.69 Å². The standard InChI is InChI=1S/C14H10ClFN2O/c15-13(12-7-4-8-19-12)11-9-17-18(14(11)16)10-5-2-1-3-6-10/h1-9,13H. The van der Waals surface area contributed by atoms with E-state index in [4.69, 9.17) is 16.0 Å². The molecule has 1 aromatic carbocycles. The molecular formula is C14H10ClFN2O. The minimum Gasteiger partial charge on any atom is -0.467 e. The molecule has 1 unspecified atom stereocenters. The molecule has 0 aliphatic carbocycles. The molecule has 3 rings (SSSR count). The highest BCUT2D eigenvalue weighted by molar-refractivity contribution is 6.22. The van der Waals surface area contributed by atoms with Crippen molar-refractivity contribution in [2.45, 2.75) is 5.38 Å². The van der Waals surface area contributed by atoms with Crippen LogP contribution in [0.4, 0.5) is 4.39 Å². The van der Waals surface area contributed by atoms with E-state index < -0.39 is 11.3 Å². The zero-order valence-electron chi connectivity index (χ0n) is 9.83. The Balaban J connectivity index is 2.00. The third kappa shape index (κ3) is 2.15. The Labute approximate surface area is 114 Å². The molecule has 96 valence electrons. The molecule has 3 nitrogen and oxygen atoms in total. The molecule has 0 fully saturated rings. The van der Waals surface area contributed by atoms with Gasteiger partial charge < -0.3 is 4.42 Å². The summed E-state index contributed by atoms with van der Waals surface area (Å²) in [6.45, 7) is 0. The molecule has 19 heavy (non-hydrogen) atoms. The summed E-state index contributed by atoms with van der Waals surface area (Å²) in [5, 5.41) is 3.34. The summed E-state index contributed by atoms with van der Waals surface area (Å²) < 4.78 is 20.7. The van der Waals surface area contributed by atoms with Crippen molar-refractivity contribution < 1.29 is 8.81 Å². The Morgan fingerprint density at radius 2 is 1.95 bits per heavy atom. The smallest absolute Gasteiger partial charge is 0.221 e. The number of hydrogen-bond acceptors (Lipinski definition) is 2. The first-order valence-corrected chi connectivity index (χ1v) is 6.17. The molecule has 0 N–H and O–H groups in total. The second-order valence-electron chi connectivity index (χ2n) is 4.02. The topological polar surface area (TPSA) is 31.0 Å². The van der Waals surface area contributed by atoms with Crippen LogP contribution in [0.3, 0.4) is 0 Å². The summed E-state index contributed by atoms with van der Waals surface area (Å²) in [4.78, 5) is 0. The van der Waals surface area contributed by atoms with Gasteiger partial charge in [0.1, 0.15) is 11.1 Å². The van der Waals surface area contributed by atoms with E-state index in [9.17, 15) is 4.39 Å². The highest BCUT2D eigenvalue weighted by Gasteiger charge is 2.22. The summed E-state index contributed by atoms with van der Waals surface area (Å²) in [6, 6.07) is 12.5. The molecular weight excluding hydrogens is 267 g/mol. The second-order valence-corrected chi connectivity index (χ2v) is 4.45. The van der Waals surface area contributed by atoms with E-state index in [1.54, 1.807) is 24.3 Å². The minimum absolute atomic E-state index is 0.292. The highest BCUT2D eigenvalue weighted by Crippen LogP contribution is 2.31. The number of alkyl halides is 1. The van der Waals surface area contributed by atoms with E-state index in [1.165, 1.54) is 17.1 Å². The lowest BCUT2D eigenvalue weighted by Gasteiger charge is -2.05. The van der Waals surface area contributed by atoms with E-state index >= 15 is 0 Å². The van der Waals surface area contributed by atoms with Crippen molar-refractivity contribution in [1.82, 2.24) is 9.78 Å². The molecule has 2 heterocycles. The average Bonchev–Trinajstić information content (AvgIpc) is 3.08. The fourth-order valence-electron chi connectivity index (χ4n) is 1.85. The maximum Gasteiger partial charge on any atom is 0.221 e. The van der Waals surface area contributed by atoms with Crippen LogP contribution in [-0.2, 0) is 0 Å². The molecule has 5 heteroatoms. The van der Waals surface area contributed by atoms with Gasteiger partial charge in [-0.2, -0.15) is 9.49 Å². The molecule has 0 aliphatic rings. The number of rotatable bonds is 3. The van der Waals surface area contributed by atoms with Gasteiger partial charge in [-0.15, -0.1) is 11.6 Å². The van der Waals surface area contributed by atoms with Crippen molar-refractivity contribution in [3.8, 4) is 5.69 Å². The first kappa shape index (κ1) is 12.0. The molecule has 0 aliphatic heterocycles. The van der Waals surface area contributed by atoms with Crippen molar-refractivity contribution in [3.63, 3.8) is 0 Å². The predicted molar refractivity (Wildman–Crippen MR) is 69.9 cm³/mol. The van der Waals surface area contributed by atoms with E-state index in [0.717, 1.165) is 0 Å². The third-order valence-electron chi connectivity index (χ3n) is 2.80. The van der Waals surface area contributed by atoms with Gasteiger partial charge in [0.2, 0.25) is 5.95 Å². The Morgan fingerprint density at radius 1 is 1.16 bits per heavy atom. The minimum atomic E-state index is -0.688. The van der Waals surface area contributed by atoms with Crippen molar-refractivity contribution in [1.29, 1.82) is 0 Å². The van der Waals surface area contributed by atoms with Crippen LogP contribution in [0.1, 0.15) is 16.7 Å². The summed E-state index contributed by atoms with van der Waals surface area (Å²) in [6.07, 6.45) is 2.92. The molecule has 2 aromatic heterocycles. The lowest BCUT2D eigenvalue weighted by atomic mass is 10.2. The van der Waals surface area contributed by atoms with Crippen molar-refractivity contribution >= 4 is 11.6 Å². The van der Waals surface area contributed by atoms with Crippen LogP contribution >= 0.6 is 11.6 Å². The van der Waals surface area contributed by atoms with Gasteiger partial charge in [0.15, 0.2) is 0 Å². The van der Waals surface area contributed by atoms with Crippen LogP contribution in [0.5, 0.6) is 0 Å². The Kier molecular flexibility index (Phi) is 3.09. The van der Waals surface area contributed by atoms with E-state index in [0.29, 0.717) is 17.0 Å². The number of aromatic nitrogens is 2. The van der Waals surface area contributed by atoms with Crippen molar-refractivity contribution in [2.75, 3.05) is 0 Å². The lowest BCUT2D eigenvalue weighted by molar-refractivity contribution is 0.498. The van der Waals surface area contributed by atoms with Crippen LogP contribution in [0.15, 0.2) is 59.3 Å². The fourth-order valence-corrected chi connectivity index (χ4v) is 2.12. The molecule has 3 aromatic rings. The van der Waals surface area contributed by atoms with Crippen molar-refractivity contribution in [2.24, 2.45) is 0 Å². The highest BCUT2D eigenvalue weighted by atomic mass is 35.5. The zero-order valence-corrected chi connectivity index (χ0v) is 10.6. The zero-order chi connectivity index (χ0) is 13.2. The van der Waals surface area contributed by atoms with Crippen molar-refractivity contribution in [3.05, 3.63) is 72.2 Å². The maximum atomic E-state index is 14.3. The first-order valence-electron chi connectivity index (χ1n) is 5.73. The fraction of sp³-hybridized carbons (Fsp3) is 0.0714. The van der Waals surface area contributed by atoms with Crippen LogP contribution in [0.2, 0.25) is 0 Å². The van der Waals surface area contributed by atoms with Gasteiger partial charge in [-0.05, 0) is 24.3 Å². The molecule has 0 spiro atoms. The predicted octanol–water partition coefficient (Wildman–Crippen LogP) is 3.93. The second kappa shape index (κ2) is 4.90. The Morgan fingerprint density at radius 3 is 2.63 bits per heavy atom. The molecule has 0 bridgehead atoms. The summed E-state index contributed by atoms with van der Waals surface area (Å²) in [7, 11) is 0. The normalized spacial score (nSPS) is 12.5. The van der Waals surface area contributed by atoms with E-state index in [2.05, 4.69) is 5.10 Å². The largest absolute Gasteiger partial charge is 0.467 e. The van der Waals surface area contributed by atoms with Gasteiger partial charge >= 0.3 is 0 Å². The van der Waals surface area contributed by atoms with Crippen LogP contribution < -0.4 is 0 Å². The van der Waals surface area contributed by atoms with E-state index in [-0.39, 0.29) is 0 Å². The maximum absolute atomic E-state index is 14.3. The molecule has 1 atom stereocenters. The number of benzene rings is 1. The van der Waals surface area contributed by atoms with Crippen LogP contribution in [-0.4, -0.2) is 9.78 Å². The summed E-state index contributed by atoms with van der Waals surface area (Å²) in [5.74, 6) is 0.00998. The van der Waals surface area contributed by atoms with Gasteiger partial charge in [0.05, 0.1) is 23.7 Å². The number of para-hydroxylation sites is 1. The molecule has 0 saturated heterocycles. The quantitative estimate of drug-likeness (QED) is 0.679. The molecule has 0 amide bonds. The number of hydrogen-bond donors (Lipinski definition) is 0. The molecule has 0 saturated carbocycles.